The zero-order valence-corrected chi connectivity index (χ0v) is 19.4. The van der Waals surface area contributed by atoms with Crippen LogP contribution in [0, 0.1) is 13.8 Å². The van der Waals surface area contributed by atoms with Gasteiger partial charge in [-0.15, -0.1) is 11.3 Å². The average Bonchev–Trinajstić information content (AvgIpc) is 3.27. The monoisotopic (exact) mass is 454 g/mol. The summed E-state index contributed by atoms with van der Waals surface area (Å²) in [5, 5.41) is 5.19. The Bertz CT molecular complexity index is 1110. The van der Waals surface area contributed by atoms with E-state index in [1.165, 1.54) is 11.3 Å². The summed E-state index contributed by atoms with van der Waals surface area (Å²) in [6.07, 6.45) is 0. The van der Waals surface area contributed by atoms with Crippen LogP contribution in [0.4, 0.5) is 0 Å². The number of esters is 1. The first-order valence-electron chi connectivity index (χ1n) is 10.2. The summed E-state index contributed by atoms with van der Waals surface area (Å²) in [7, 11) is 1.59. The Kier molecular flexibility index (Phi) is 7.83. The van der Waals surface area contributed by atoms with Crippen molar-refractivity contribution in [3.05, 3.63) is 64.2 Å². The summed E-state index contributed by atoms with van der Waals surface area (Å²) in [5.41, 5.74) is 4.15. The van der Waals surface area contributed by atoms with Crippen LogP contribution in [0.3, 0.4) is 0 Å². The van der Waals surface area contributed by atoms with Gasteiger partial charge in [0.25, 0.3) is 5.91 Å². The number of rotatable bonds is 9. The molecule has 0 unspecified atom stereocenters. The Morgan fingerprint density at radius 3 is 2.59 bits per heavy atom. The van der Waals surface area contributed by atoms with Crippen LogP contribution in [0.1, 0.15) is 34.1 Å². The van der Waals surface area contributed by atoms with Gasteiger partial charge in [-0.25, -0.2) is 4.98 Å². The molecule has 0 saturated heterocycles. The van der Waals surface area contributed by atoms with Crippen molar-refractivity contribution in [2.45, 2.75) is 27.4 Å². The number of aromatic nitrogens is 1. The van der Waals surface area contributed by atoms with Crippen LogP contribution >= 0.6 is 11.3 Å². The van der Waals surface area contributed by atoms with E-state index < -0.39 is 5.97 Å². The summed E-state index contributed by atoms with van der Waals surface area (Å²) >= 11 is 1.44. The first kappa shape index (κ1) is 23.3. The Morgan fingerprint density at radius 1 is 1.06 bits per heavy atom. The minimum absolute atomic E-state index is 0.0308. The quantitative estimate of drug-likeness (QED) is 0.485. The zero-order valence-electron chi connectivity index (χ0n) is 18.6. The van der Waals surface area contributed by atoms with Crippen LogP contribution < -0.4 is 14.8 Å². The fraction of sp³-hybridized carbons (Fsp3) is 0.292. The molecule has 0 aliphatic heterocycles. The van der Waals surface area contributed by atoms with E-state index in [1.54, 1.807) is 19.2 Å². The molecule has 7 nitrogen and oxygen atoms in total. The highest BCUT2D eigenvalue weighted by Crippen LogP contribution is 2.33. The molecule has 1 N–H and O–H groups in total. The largest absolute Gasteiger partial charge is 0.493 e. The van der Waals surface area contributed by atoms with Crippen molar-refractivity contribution < 1.29 is 23.8 Å². The zero-order chi connectivity index (χ0) is 23.1. The number of carbonyl (C=O) groups is 2. The van der Waals surface area contributed by atoms with E-state index in [1.807, 2.05) is 50.4 Å². The van der Waals surface area contributed by atoms with Crippen LogP contribution in [-0.4, -0.2) is 37.1 Å². The number of nitrogens with zero attached hydrogens (tertiary/aromatic N) is 1. The minimum atomic E-state index is -0.528. The number of hydrogen-bond acceptors (Lipinski definition) is 7. The molecule has 168 valence electrons. The molecule has 1 amide bonds. The molecule has 3 rings (SSSR count). The molecule has 0 saturated carbocycles. The molecule has 0 aliphatic rings. The average molecular weight is 455 g/mol. The number of ether oxygens (including phenoxy) is 3. The lowest BCUT2D eigenvalue weighted by molar-refractivity contribution is -0.143. The Morgan fingerprint density at radius 2 is 1.88 bits per heavy atom. The van der Waals surface area contributed by atoms with Crippen molar-refractivity contribution in [3.63, 3.8) is 0 Å². The summed E-state index contributed by atoms with van der Waals surface area (Å²) in [5.74, 6) is 0.462. The molecule has 1 aromatic heterocycles. The molecule has 3 aromatic rings. The van der Waals surface area contributed by atoms with Crippen LogP contribution in [0.5, 0.6) is 11.5 Å². The van der Waals surface area contributed by atoms with Gasteiger partial charge in [0, 0.05) is 16.5 Å². The van der Waals surface area contributed by atoms with Gasteiger partial charge in [0.1, 0.15) is 18.2 Å². The number of hydrogen-bond donors (Lipinski definition) is 1. The molecule has 0 aliphatic carbocycles. The number of benzene rings is 2. The highest BCUT2D eigenvalue weighted by molar-refractivity contribution is 7.13. The number of aryl methyl sites for hydroxylation is 2. The third-order valence-corrected chi connectivity index (χ3v) is 5.75. The van der Waals surface area contributed by atoms with E-state index in [2.05, 4.69) is 10.3 Å². The van der Waals surface area contributed by atoms with Crippen LogP contribution in [-0.2, 0) is 16.1 Å². The maximum absolute atomic E-state index is 12.2. The number of amides is 1. The Hall–Kier alpha value is -3.39. The van der Waals surface area contributed by atoms with Gasteiger partial charge < -0.3 is 19.5 Å². The second-order valence-electron chi connectivity index (χ2n) is 7.09. The molecule has 0 radical (unpaired) electrons. The fourth-order valence-electron chi connectivity index (χ4n) is 2.92. The lowest BCUT2D eigenvalue weighted by atomic mass is 10.1. The maximum atomic E-state index is 12.2. The van der Waals surface area contributed by atoms with Crippen molar-refractivity contribution in [2.24, 2.45) is 0 Å². The second kappa shape index (κ2) is 10.8. The van der Waals surface area contributed by atoms with E-state index in [9.17, 15) is 9.59 Å². The predicted molar refractivity (Wildman–Crippen MR) is 123 cm³/mol. The van der Waals surface area contributed by atoms with Crippen LogP contribution in [0.15, 0.2) is 41.8 Å². The minimum Gasteiger partial charge on any atom is -0.493 e. The molecular weight excluding hydrogens is 428 g/mol. The maximum Gasteiger partial charge on any atom is 0.325 e. The Balaban J connectivity index is 1.53. The number of methoxy groups -OCH3 is 1. The first-order chi connectivity index (χ1) is 15.4. The molecule has 0 spiro atoms. The van der Waals surface area contributed by atoms with Gasteiger partial charge >= 0.3 is 5.97 Å². The fourth-order valence-corrected chi connectivity index (χ4v) is 3.73. The van der Waals surface area contributed by atoms with Crippen molar-refractivity contribution in [1.29, 1.82) is 0 Å². The van der Waals surface area contributed by atoms with Gasteiger partial charge in [0.15, 0.2) is 11.5 Å². The van der Waals surface area contributed by atoms with Gasteiger partial charge in [0.05, 0.1) is 19.4 Å². The highest BCUT2D eigenvalue weighted by atomic mass is 32.1. The Labute approximate surface area is 191 Å². The molecule has 32 heavy (non-hydrogen) atoms. The van der Waals surface area contributed by atoms with Crippen molar-refractivity contribution in [1.82, 2.24) is 10.3 Å². The third-order valence-electron chi connectivity index (χ3n) is 4.81. The normalized spacial score (nSPS) is 10.5. The third kappa shape index (κ3) is 5.85. The molecular formula is C24H26N2O5S. The number of carbonyl (C=O) groups excluding carboxylic acids is 2. The lowest BCUT2D eigenvalue weighted by Gasteiger charge is -2.10. The van der Waals surface area contributed by atoms with Gasteiger partial charge in [-0.05, 0) is 62.2 Å². The van der Waals surface area contributed by atoms with Crippen LogP contribution in [0.25, 0.3) is 10.6 Å². The molecule has 1 heterocycles. The molecule has 0 bridgehead atoms. The topological polar surface area (TPSA) is 86.8 Å². The first-order valence-corrected chi connectivity index (χ1v) is 11.1. The van der Waals surface area contributed by atoms with E-state index in [0.717, 1.165) is 21.7 Å². The predicted octanol–water partition coefficient (Wildman–Crippen LogP) is 4.31. The summed E-state index contributed by atoms with van der Waals surface area (Å²) in [6, 6.07) is 11.0. The second-order valence-corrected chi connectivity index (χ2v) is 7.94. The molecule has 0 atom stereocenters. The highest BCUT2D eigenvalue weighted by Gasteiger charge is 2.13. The standard InChI is InChI=1S/C24H26N2O5S/c1-5-30-20-9-8-18(11-21(20)29-4)24-26-19(14-32-24)13-31-22(27)12-25-23(28)17-7-6-15(2)16(3)10-17/h6-11,14H,5,12-13H2,1-4H3,(H,25,28). The van der Waals surface area contributed by atoms with Gasteiger partial charge in [0.2, 0.25) is 0 Å². The molecule has 0 fully saturated rings. The molecule has 8 heteroatoms. The van der Waals surface area contributed by atoms with E-state index in [0.29, 0.717) is 29.4 Å². The SMILES string of the molecule is CCOc1ccc(-c2nc(COC(=O)CNC(=O)c3ccc(C)c(C)c3)cs2)cc1OC. The number of thiazole rings is 1. The van der Waals surface area contributed by atoms with Gasteiger partial charge in [-0.3, -0.25) is 9.59 Å². The van der Waals surface area contributed by atoms with E-state index in [4.69, 9.17) is 14.2 Å². The van der Waals surface area contributed by atoms with Gasteiger partial charge in [-0.1, -0.05) is 6.07 Å². The van der Waals surface area contributed by atoms with E-state index in [-0.39, 0.29) is 19.1 Å². The van der Waals surface area contributed by atoms with Crippen molar-refractivity contribution >= 4 is 23.2 Å². The lowest BCUT2D eigenvalue weighted by Crippen LogP contribution is -2.30. The van der Waals surface area contributed by atoms with E-state index >= 15 is 0 Å². The summed E-state index contributed by atoms with van der Waals surface area (Å²) < 4.78 is 16.2. The van der Waals surface area contributed by atoms with Crippen molar-refractivity contribution in [3.8, 4) is 22.1 Å². The van der Waals surface area contributed by atoms with Crippen LogP contribution in [0.2, 0.25) is 0 Å². The summed E-state index contributed by atoms with van der Waals surface area (Å²) in [4.78, 5) is 28.8. The summed E-state index contributed by atoms with van der Waals surface area (Å²) in [6.45, 7) is 6.20. The van der Waals surface area contributed by atoms with Gasteiger partial charge in [-0.2, -0.15) is 0 Å². The molecule has 2 aromatic carbocycles. The van der Waals surface area contributed by atoms with Crippen molar-refractivity contribution in [2.75, 3.05) is 20.3 Å². The smallest absolute Gasteiger partial charge is 0.325 e. The number of nitrogens with one attached hydrogen (secondary N) is 1.